The van der Waals surface area contributed by atoms with Gasteiger partial charge in [0, 0.05) is 17.6 Å². The summed E-state index contributed by atoms with van der Waals surface area (Å²) in [4.78, 5) is 0. The van der Waals surface area contributed by atoms with Crippen LogP contribution in [0.25, 0.3) is 0 Å². The molecule has 0 bridgehead atoms. The van der Waals surface area contributed by atoms with Crippen molar-refractivity contribution in [2.75, 3.05) is 6.61 Å². The van der Waals surface area contributed by atoms with Crippen LogP contribution in [0.15, 0.2) is 18.2 Å². The summed E-state index contributed by atoms with van der Waals surface area (Å²) in [5, 5.41) is 12.3. The highest BCUT2D eigenvalue weighted by Gasteiger charge is 2.19. The van der Waals surface area contributed by atoms with Crippen molar-refractivity contribution in [3.8, 4) is 0 Å². The predicted octanol–water partition coefficient (Wildman–Crippen LogP) is 3.02. The minimum absolute atomic E-state index is 0.0275. The summed E-state index contributed by atoms with van der Waals surface area (Å²) in [6.45, 7) is 5.74. The zero-order chi connectivity index (χ0) is 13.7. The van der Waals surface area contributed by atoms with Gasteiger partial charge >= 0.3 is 0 Å². The molecule has 0 aliphatic carbocycles. The Hall–Kier alpha value is -1.00. The molecule has 2 N–H and O–H groups in total. The third-order valence-electron chi connectivity index (χ3n) is 2.89. The number of nitrogens with one attached hydrogen (secondary N) is 1. The van der Waals surface area contributed by atoms with Crippen molar-refractivity contribution in [3.05, 3.63) is 35.4 Å². The lowest BCUT2D eigenvalue weighted by Gasteiger charge is -2.24. The minimum Gasteiger partial charge on any atom is -0.395 e. The molecule has 0 aromatic heterocycles. The molecule has 0 amide bonds. The van der Waals surface area contributed by atoms with Crippen LogP contribution in [0.3, 0.4) is 0 Å². The van der Waals surface area contributed by atoms with E-state index < -0.39 is 17.7 Å². The Morgan fingerprint density at radius 2 is 1.72 bits per heavy atom. The quantitative estimate of drug-likeness (QED) is 0.821. The molecule has 1 aromatic carbocycles. The van der Waals surface area contributed by atoms with Crippen molar-refractivity contribution in [1.29, 1.82) is 0 Å². The van der Waals surface area contributed by atoms with Crippen molar-refractivity contribution in [3.63, 3.8) is 0 Å². The lowest BCUT2D eigenvalue weighted by atomic mass is 10.0. The second-order valence-electron chi connectivity index (χ2n) is 5.03. The maximum Gasteiger partial charge on any atom is 0.130 e. The molecule has 2 atom stereocenters. The first kappa shape index (κ1) is 15.1. The number of hydrogen-bond donors (Lipinski definition) is 2. The Bertz CT molecular complexity index is 362. The molecule has 1 aromatic rings. The van der Waals surface area contributed by atoms with Crippen LogP contribution >= 0.6 is 0 Å². The summed E-state index contributed by atoms with van der Waals surface area (Å²) < 4.78 is 27.2. The molecular formula is C14H21F2NO. The number of hydrogen-bond acceptors (Lipinski definition) is 2. The Morgan fingerprint density at radius 3 is 2.17 bits per heavy atom. The average Bonchev–Trinajstić information content (AvgIpc) is 2.27. The van der Waals surface area contributed by atoms with Crippen LogP contribution in [0, 0.1) is 17.6 Å². The van der Waals surface area contributed by atoms with Crippen molar-refractivity contribution in [1.82, 2.24) is 5.32 Å². The number of rotatable bonds is 6. The van der Waals surface area contributed by atoms with Crippen molar-refractivity contribution in [2.24, 2.45) is 5.92 Å². The fourth-order valence-corrected chi connectivity index (χ4v) is 2.13. The predicted molar refractivity (Wildman–Crippen MR) is 68.2 cm³/mol. The van der Waals surface area contributed by atoms with Gasteiger partial charge in [-0.3, -0.25) is 0 Å². The third kappa shape index (κ3) is 4.03. The second kappa shape index (κ2) is 6.81. The van der Waals surface area contributed by atoms with Gasteiger partial charge in [0.2, 0.25) is 0 Å². The highest BCUT2D eigenvalue weighted by molar-refractivity contribution is 5.22. The van der Waals surface area contributed by atoms with Gasteiger partial charge in [-0.05, 0) is 31.4 Å². The van der Waals surface area contributed by atoms with Crippen LogP contribution in [0.1, 0.15) is 38.8 Å². The first-order valence-electron chi connectivity index (χ1n) is 6.26. The molecule has 2 nitrogen and oxygen atoms in total. The van der Waals surface area contributed by atoms with E-state index in [2.05, 4.69) is 5.32 Å². The minimum atomic E-state index is -0.559. The third-order valence-corrected chi connectivity index (χ3v) is 2.89. The second-order valence-corrected chi connectivity index (χ2v) is 5.03. The van der Waals surface area contributed by atoms with Crippen LogP contribution in [0.4, 0.5) is 8.78 Å². The van der Waals surface area contributed by atoms with E-state index in [1.54, 1.807) is 6.92 Å². The van der Waals surface area contributed by atoms with Crippen LogP contribution in [0.5, 0.6) is 0 Å². The lowest BCUT2D eigenvalue weighted by molar-refractivity contribution is 0.214. The SMILES string of the molecule is CC(C)CC(CO)NC(C)c1c(F)cccc1F. The van der Waals surface area contributed by atoms with E-state index in [1.807, 2.05) is 13.8 Å². The Kier molecular flexibility index (Phi) is 5.69. The fraction of sp³-hybridized carbons (Fsp3) is 0.571. The van der Waals surface area contributed by atoms with Crippen molar-refractivity contribution < 1.29 is 13.9 Å². The molecule has 1 rings (SSSR count). The van der Waals surface area contributed by atoms with E-state index in [1.165, 1.54) is 18.2 Å². The molecule has 18 heavy (non-hydrogen) atoms. The highest BCUT2D eigenvalue weighted by Crippen LogP contribution is 2.21. The van der Waals surface area contributed by atoms with Gasteiger partial charge in [-0.15, -0.1) is 0 Å². The molecule has 102 valence electrons. The Balaban J connectivity index is 2.77. The molecule has 0 saturated heterocycles. The molecular weight excluding hydrogens is 236 g/mol. The monoisotopic (exact) mass is 257 g/mol. The van der Waals surface area contributed by atoms with Gasteiger partial charge in [-0.1, -0.05) is 19.9 Å². The van der Waals surface area contributed by atoms with Crippen LogP contribution in [-0.2, 0) is 0 Å². The van der Waals surface area contributed by atoms with E-state index in [0.29, 0.717) is 5.92 Å². The van der Waals surface area contributed by atoms with Crippen LogP contribution in [-0.4, -0.2) is 17.8 Å². The van der Waals surface area contributed by atoms with Gasteiger partial charge < -0.3 is 10.4 Å². The molecule has 2 unspecified atom stereocenters. The van der Waals surface area contributed by atoms with E-state index >= 15 is 0 Å². The normalized spacial score (nSPS) is 14.8. The maximum atomic E-state index is 13.6. The average molecular weight is 257 g/mol. The molecule has 0 spiro atoms. The molecule has 0 aliphatic heterocycles. The maximum absolute atomic E-state index is 13.6. The van der Waals surface area contributed by atoms with Gasteiger partial charge in [0.05, 0.1) is 6.61 Å². The van der Waals surface area contributed by atoms with Gasteiger partial charge in [-0.2, -0.15) is 0 Å². The Morgan fingerprint density at radius 1 is 1.17 bits per heavy atom. The molecule has 0 radical (unpaired) electrons. The van der Waals surface area contributed by atoms with Gasteiger partial charge in [0.1, 0.15) is 11.6 Å². The van der Waals surface area contributed by atoms with E-state index in [-0.39, 0.29) is 18.2 Å². The smallest absolute Gasteiger partial charge is 0.130 e. The van der Waals surface area contributed by atoms with E-state index in [0.717, 1.165) is 6.42 Å². The highest BCUT2D eigenvalue weighted by atomic mass is 19.1. The summed E-state index contributed by atoms with van der Waals surface area (Å²) in [7, 11) is 0. The number of aliphatic hydroxyl groups is 1. The number of halogens is 2. The Labute approximate surface area is 107 Å². The zero-order valence-electron chi connectivity index (χ0n) is 11.1. The molecule has 0 heterocycles. The molecule has 0 fully saturated rings. The molecule has 0 saturated carbocycles. The summed E-state index contributed by atoms with van der Waals surface area (Å²) in [5.74, 6) is -0.709. The van der Waals surface area contributed by atoms with Crippen LogP contribution < -0.4 is 5.32 Å². The van der Waals surface area contributed by atoms with Crippen molar-refractivity contribution >= 4 is 0 Å². The summed E-state index contributed by atoms with van der Waals surface area (Å²) >= 11 is 0. The van der Waals surface area contributed by atoms with Gasteiger partial charge in [0.25, 0.3) is 0 Å². The summed E-state index contributed by atoms with van der Waals surface area (Å²) in [6.07, 6.45) is 0.761. The molecule has 4 heteroatoms. The van der Waals surface area contributed by atoms with Crippen molar-refractivity contribution in [2.45, 2.75) is 39.3 Å². The fourth-order valence-electron chi connectivity index (χ4n) is 2.13. The molecule has 0 aliphatic rings. The number of benzene rings is 1. The summed E-state index contributed by atoms with van der Waals surface area (Å²) in [5.41, 5.74) is 0.0275. The van der Waals surface area contributed by atoms with E-state index in [4.69, 9.17) is 0 Å². The van der Waals surface area contributed by atoms with Gasteiger partial charge in [0.15, 0.2) is 0 Å². The topological polar surface area (TPSA) is 32.3 Å². The first-order chi connectivity index (χ1) is 8.45. The van der Waals surface area contributed by atoms with Crippen LogP contribution in [0.2, 0.25) is 0 Å². The summed E-state index contributed by atoms with van der Waals surface area (Å²) in [6, 6.07) is 3.21. The lowest BCUT2D eigenvalue weighted by Crippen LogP contribution is -2.36. The standard InChI is InChI=1S/C14H21F2NO/c1-9(2)7-11(8-18)17-10(3)14-12(15)5-4-6-13(14)16/h4-6,9-11,17-18H,7-8H2,1-3H3. The number of aliphatic hydroxyl groups excluding tert-OH is 1. The van der Waals surface area contributed by atoms with Gasteiger partial charge in [-0.25, -0.2) is 8.78 Å². The first-order valence-corrected chi connectivity index (χ1v) is 6.26. The zero-order valence-corrected chi connectivity index (χ0v) is 11.1. The van der Waals surface area contributed by atoms with E-state index in [9.17, 15) is 13.9 Å². The largest absolute Gasteiger partial charge is 0.395 e.